The van der Waals surface area contributed by atoms with Crippen molar-refractivity contribution in [3.8, 4) is 0 Å². The van der Waals surface area contributed by atoms with Gasteiger partial charge in [0.1, 0.15) is 12.1 Å². The Labute approximate surface area is 154 Å². The molecule has 0 spiro atoms. The molecular formula is C20H16FN3O3. The number of aromatic nitrogens is 2. The summed E-state index contributed by atoms with van der Waals surface area (Å²) in [5.41, 5.74) is 7.20. The van der Waals surface area contributed by atoms with Gasteiger partial charge in [0.05, 0.1) is 11.2 Å². The maximum Gasteiger partial charge on any atom is 0.340 e. The molecule has 2 aromatic carbocycles. The monoisotopic (exact) mass is 365 g/mol. The Kier molecular flexibility index (Phi) is 4.33. The molecule has 0 radical (unpaired) electrons. The lowest BCUT2D eigenvalue weighted by atomic mass is 10.1. The first kappa shape index (κ1) is 16.8. The molecule has 0 aliphatic carbocycles. The SMILES string of the molecule is NC(=O)n1nc(C=CC2=COC(Cc3ccccc3)O2)c2ccc(F)cc21. The molecule has 2 N–H and O–H groups in total. The third-order valence-corrected chi connectivity index (χ3v) is 4.13. The molecule has 0 saturated heterocycles. The van der Waals surface area contributed by atoms with Crippen LogP contribution in [-0.4, -0.2) is 22.1 Å². The second-order valence-corrected chi connectivity index (χ2v) is 6.02. The summed E-state index contributed by atoms with van der Waals surface area (Å²) in [4.78, 5) is 11.5. The van der Waals surface area contributed by atoms with Crippen LogP contribution in [0.4, 0.5) is 9.18 Å². The number of carbonyl (C=O) groups excluding carboxylic acids is 1. The van der Waals surface area contributed by atoms with Gasteiger partial charge in [0, 0.05) is 17.9 Å². The Morgan fingerprint density at radius 2 is 2.04 bits per heavy atom. The average Bonchev–Trinajstić information content (AvgIpc) is 3.25. The van der Waals surface area contributed by atoms with Crippen molar-refractivity contribution >= 4 is 23.0 Å². The van der Waals surface area contributed by atoms with Crippen molar-refractivity contribution in [1.29, 1.82) is 0 Å². The van der Waals surface area contributed by atoms with E-state index in [2.05, 4.69) is 5.10 Å². The molecule has 0 fully saturated rings. The Bertz CT molecular complexity index is 1060. The van der Waals surface area contributed by atoms with Crippen LogP contribution in [0.15, 0.2) is 66.6 Å². The van der Waals surface area contributed by atoms with Crippen LogP contribution in [0.5, 0.6) is 0 Å². The summed E-state index contributed by atoms with van der Waals surface area (Å²) in [5.74, 6) is 0.0548. The van der Waals surface area contributed by atoms with Crippen molar-refractivity contribution in [2.24, 2.45) is 5.73 Å². The van der Waals surface area contributed by atoms with Gasteiger partial charge in [-0.25, -0.2) is 9.18 Å². The molecule has 0 bridgehead atoms. The minimum absolute atomic E-state index is 0.307. The third kappa shape index (κ3) is 3.52. The molecule has 136 valence electrons. The van der Waals surface area contributed by atoms with Gasteiger partial charge in [-0.15, -0.1) is 0 Å². The quantitative estimate of drug-likeness (QED) is 0.766. The van der Waals surface area contributed by atoms with Gasteiger partial charge in [-0.3, -0.25) is 0 Å². The standard InChI is InChI=1S/C20H16FN3O3/c21-14-6-8-16-17(23-24(20(22)25)18(16)11-14)9-7-15-12-26-19(27-15)10-13-4-2-1-3-5-13/h1-9,11-12,19H,10H2,(H2,22,25). The number of halogens is 1. The molecule has 3 aromatic rings. The van der Waals surface area contributed by atoms with E-state index in [9.17, 15) is 9.18 Å². The number of allylic oxidation sites excluding steroid dienone is 1. The van der Waals surface area contributed by atoms with E-state index in [1.165, 1.54) is 18.4 Å². The number of nitrogens with two attached hydrogens (primary N) is 1. The van der Waals surface area contributed by atoms with E-state index in [1.54, 1.807) is 18.2 Å². The molecular weight excluding hydrogens is 349 g/mol. The summed E-state index contributed by atoms with van der Waals surface area (Å²) in [5, 5.41) is 4.75. The summed E-state index contributed by atoms with van der Waals surface area (Å²) < 4.78 is 25.7. The predicted octanol–water partition coefficient (Wildman–Crippen LogP) is 3.57. The largest absolute Gasteiger partial charge is 0.458 e. The number of hydrogen-bond donors (Lipinski definition) is 1. The summed E-state index contributed by atoms with van der Waals surface area (Å²) in [6.07, 6.45) is 5.09. The minimum atomic E-state index is -0.784. The van der Waals surface area contributed by atoms with Crippen molar-refractivity contribution in [3.05, 3.63) is 83.7 Å². The number of ether oxygens (including phenoxy) is 2. The number of fused-ring (bicyclic) bond motifs is 1. The fraction of sp³-hybridized carbons (Fsp3) is 0.100. The van der Waals surface area contributed by atoms with E-state index < -0.39 is 18.1 Å². The van der Waals surface area contributed by atoms with Gasteiger partial charge in [-0.2, -0.15) is 9.78 Å². The first-order chi connectivity index (χ1) is 13.1. The molecule has 1 aliphatic rings. The van der Waals surface area contributed by atoms with Gasteiger partial charge in [0.15, 0.2) is 5.76 Å². The lowest BCUT2D eigenvalue weighted by Gasteiger charge is -2.10. The molecule has 2 heterocycles. The lowest BCUT2D eigenvalue weighted by Crippen LogP contribution is -2.20. The number of nitrogens with zero attached hydrogens (tertiary/aromatic N) is 2. The summed E-state index contributed by atoms with van der Waals surface area (Å²) in [7, 11) is 0. The first-order valence-electron chi connectivity index (χ1n) is 8.32. The van der Waals surface area contributed by atoms with Crippen LogP contribution in [0, 0.1) is 5.82 Å². The Morgan fingerprint density at radius 1 is 1.22 bits per heavy atom. The summed E-state index contributed by atoms with van der Waals surface area (Å²) in [6.45, 7) is 0. The molecule has 1 atom stereocenters. The van der Waals surface area contributed by atoms with Crippen LogP contribution in [0.25, 0.3) is 17.0 Å². The summed E-state index contributed by atoms with van der Waals surface area (Å²) in [6, 6.07) is 13.2. The Morgan fingerprint density at radius 3 is 2.81 bits per heavy atom. The topological polar surface area (TPSA) is 79.4 Å². The second kappa shape index (κ2) is 6.95. The van der Waals surface area contributed by atoms with E-state index in [0.29, 0.717) is 28.8 Å². The highest BCUT2D eigenvalue weighted by molar-refractivity contribution is 5.94. The molecule has 4 rings (SSSR count). The number of primary amides is 1. The highest BCUT2D eigenvalue weighted by Gasteiger charge is 2.19. The molecule has 27 heavy (non-hydrogen) atoms. The second-order valence-electron chi connectivity index (χ2n) is 6.02. The average molecular weight is 365 g/mol. The van der Waals surface area contributed by atoms with Gasteiger partial charge >= 0.3 is 6.03 Å². The van der Waals surface area contributed by atoms with E-state index in [1.807, 2.05) is 30.3 Å². The minimum Gasteiger partial charge on any atom is -0.458 e. The summed E-state index contributed by atoms with van der Waals surface area (Å²) >= 11 is 0. The van der Waals surface area contributed by atoms with Gasteiger partial charge < -0.3 is 15.2 Å². The zero-order chi connectivity index (χ0) is 18.8. The van der Waals surface area contributed by atoms with E-state index in [4.69, 9.17) is 15.2 Å². The van der Waals surface area contributed by atoms with Gasteiger partial charge in [0.25, 0.3) is 0 Å². The van der Waals surface area contributed by atoms with E-state index >= 15 is 0 Å². The van der Waals surface area contributed by atoms with E-state index in [0.717, 1.165) is 10.2 Å². The maximum atomic E-state index is 13.5. The predicted molar refractivity (Wildman–Crippen MR) is 97.9 cm³/mol. The molecule has 1 amide bonds. The third-order valence-electron chi connectivity index (χ3n) is 4.13. The molecule has 6 nitrogen and oxygen atoms in total. The van der Waals surface area contributed by atoms with Gasteiger partial charge in [0.2, 0.25) is 6.29 Å². The van der Waals surface area contributed by atoms with Crippen LogP contribution in [0.2, 0.25) is 0 Å². The van der Waals surface area contributed by atoms with Crippen LogP contribution >= 0.6 is 0 Å². The fourth-order valence-corrected chi connectivity index (χ4v) is 2.89. The molecule has 1 aromatic heterocycles. The van der Waals surface area contributed by atoms with Crippen molar-refractivity contribution < 1.29 is 18.7 Å². The number of rotatable bonds is 4. The Hall–Kier alpha value is -3.61. The normalized spacial score (nSPS) is 16.3. The smallest absolute Gasteiger partial charge is 0.340 e. The highest BCUT2D eigenvalue weighted by atomic mass is 19.1. The highest BCUT2D eigenvalue weighted by Crippen LogP contribution is 2.23. The molecule has 0 saturated carbocycles. The van der Waals surface area contributed by atoms with Crippen molar-refractivity contribution in [1.82, 2.24) is 9.78 Å². The maximum absolute atomic E-state index is 13.5. The fourth-order valence-electron chi connectivity index (χ4n) is 2.89. The number of benzene rings is 2. The van der Waals surface area contributed by atoms with Crippen LogP contribution in [-0.2, 0) is 15.9 Å². The van der Waals surface area contributed by atoms with Crippen LogP contribution in [0.1, 0.15) is 11.3 Å². The van der Waals surface area contributed by atoms with E-state index in [-0.39, 0.29) is 0 Å². The zero-order valence-corrected chi connectivity index (χ0v) is 14.2. The molecule has 1 aliphatic heterocycles. The van der Waals surface area contributed by atoms with Crippen molar-refractivity contribution in [2.75, 3.05) is 0 Å². The van der Waals surface area contributed by atoms with Crippen LogP contribution < -0.4 is 5.73 Å². The van der Waals surface area contributed by atoms with Crippen molar-refractivity contribution in [3.63, 3.8) is 0 Å². The van der Waals surface area contributed by atoms with Crippen molar-refractivity contribution in [2.45, 2.75) is 12.7 Å². The Balaban J connectivity index is 1.51. The number of amides is 1. The first-order valence-corrected chi connectivity index (χ1v) is 8.32. The molecule has 7 heteroatoms. The number of hydrogen-bond acceptors (Lipinski definition) is 4. The van der Waals surface area contributed by atoms with Gasteiger partial charge in [-0.1, -0.05) is 30.3 Å². The number of carbonyl (C=O) groups is 1. The lowest BCUT2D eigenvalue weighted by molar-refractivity contribution is -0.0268. The van der Waals surface area contributed by atoms with Gasteiger partial charge in [-0.05, 0) is 29.8 Å². The molecule has 1 unspecified atom stereocenters. The van der Waals surface area contributed by atoms with Crippen LogP contribution in [0.3, 0.4) is 0 Å². The zero-order valence-electron chi connectivity index (χ0n) is 14.2.